The number of nitrogens with zero attached hydrogens (tertiary/aromatic N) is 2. The predicted octanol–water partition coefficient (Wildman–Crippen LogP) is 7.52. The van der Waals surface area contributed by atoms with Crippen LogP contribution in [0.2, 0.25) is 0 Å². The number of anilines is 1. The summed E-state index contributed by atoms with van der Waals surface area (Å²) in [5.41, 5.74) is 7.88. The first-order valence-corrected chi connectivity index (χ1v) is 15.7. The van der Waals surface area contributed by atoms with Crippen LogP contribution in [-0.4, -0.2) is 50.4 Å². The van der Waals surface area contributed by atoms with Crippen molar-refractivity contribution < 1.29 is 14.6 Å². The number of fused-ring (bicyclic) bond motifs is 1. The quantitative estimate of drug-likeness (QED) is 0.280. The maximum Gasteiger partial charge on any atom is 0.162 e. The van der Waals surface area contributed by atoms with Crippen LogP contribution in [0.5, 0.6) is 17.2 Å². The highest BCUT2D eigenvalue weighted by Crippen LogP contribution is 2.43. The molecule has 1 fully saturated rings. The number of phenols is 1. The van der Waals surface area contributed by atoms with E-state index in [1.54, 1.807) is 14.2 Å². The van der Waals surface area contributed by atoms with Crippen molar-refractivity contribution in [1.82, 2.24) is 4.90 Å². The lowest BCUT2D eigenvalue weighted by Crippen LogP contribution is -2.29. The van der Waals surface area contributed by atoms with Crippen LogP contribution in [0.25, 0.3) is 0 Å². The van der Waals surface area contributed by atoms with Crippen molar-refractivity contribution in [3.05, 3.63) is 82.4 Å². The zero-order valence-corrected chi connectivity index (χ0v) is 25.3. The molecule has 0 radical (unpaired) electrons. The van der Waals surface area contributed by atoms with E-state index in [0.29, 0.717) is 11.7 Å². The summed E-state index contributed by atoms with van der Waals surface area (Å²) in [4.78, 5) is 5.13. The molecule has 0 unspecified atom stereocenters. The highest BCUT2D eigenvalue weighted by molar-refractivity contribution is 5.64. The third-order valence-corrected chi connectivity index (χ3v) is 9.18. The Kier molecular flexibility index (Phi) is 10.1. The van der Waals surface area contributed by atoms with Crippen LogP contribution in [0.15, 0.2) is 54.6 Å². The molecule has 5 rings (SSSR count). The summed E-state index contributed by atoms with van der Waals surface area (Å²) in [5.74, 6) is 2.28. The molecule has 1 aliphatic carbocycles. The average Bonchev–Trinajstić information content (AvgIpc) is 2.99. The Labute approximate surface area is 247 Å². The van der Waals surface area contributed by atoms with Crippen LogP contribution in [0.4, 0.5) is 5.69 Å². The molecule has 0 bridgehead atoms. The highest BCUT2D eigenvalue weighted by Gasteiger charge is 2.26. The summed E-state index contributed by atoms with van der Waals surface area (Å²) in [5, 5.41) is 9.97. The van der Waals surface area contributed by atoms with Gasteiger partial charge in [0, 0.05) is 31.4 Å². The van der Waals surface area contributed by atoms with Gasteiger partial charge in [-0.25, -0.2) is 0 Å². The van der Waals surface area contributed by atoms with E-state index >= 15 is 0 Å². The molecule has 1 atom stereocenters. The molecule has 0 spiro atoms. The van der Waals surface area contributed by atoms with Crippen LogP contribution in [0.3, 0.4) is 0 Å². The zero-order valence-electron chi connectivity index (χ0n) is 25.3. The summed E-state index contributed by atoms with van der Waals surface area (Å²) in [6.07, 6.45) is 11.0. The molecule has 220 valence electrons. The molecule has 0 amide bonds. The van der Waals surface area contributed by atoms with Crippen molar-refractivity contribution >= 4 is 5.69 Å². The predicted molar refractivity (Wildman–Crippen MR) is 169 cm³/mol. The first kappa shape index (κ1) is 29.3. The second kappa shape index (κ2) is 14.1. The van der Waals surface area contributed by atoms with Gasteiger partial charge >= 0.3 is 0 Å². The topological polar surface area (TPSA) is 45.2 Å². The van der Waals surface area contributed by atoms with E-state index in [1.807, 2.05) is 12.1 Å². The summed E-state index contributed by atoms with van der Waals surface area (Å²) < 4.78 is 11.5. The third-order valence-electron chi connectivity index (χ3n) is 9.18. The Morgan fingerprint density at radius 1 is 0.829 bits per heavy atom. The highest BCUT2D eigenvalue weighted by atomic mass is 16.5. The number of methoxy groups -OCH3 is 2. The molecule has 0 aromatic heterocycles. The Morgan fingerprint density at radius 3 is 2.22 bits per heavy atom. The number of ether oxygens (including phenoxy) is 2. The Morgan fingerprint density at radius 2 is 1.51 bits per heavy atom. The third kappa shape index (κ3) is 7.37. The van der Waals surface area contributed by atoms with E-state index in [9.17, 15) is 5.11 Å². The SMILES string of the molecule is CCN(Cc1ccc(CCN2CCCCCCC2)cc1)c1cc(OC)c(OC)cc1[C@@H]1CCc2cc(O)ccc2C1. The summed E-state index contributed by atoms with van der Waals surface area (Å²) in [6, 6.07) is 19.5. The molecule has 5 nitrogen and oxygen atoms in total. The van der Waals surface area contributed by atoms with Gasteiger partial charge < -0.3 is 24.4 Å². The Balaban J connectivity index is 1.33. The molecule has 3 aromatic rings. The fraction of sp³-hybridized carbons (Fsp3) is 0.500. The van der Waals surface area contributed by atoms with Crippen molar-refractivity contribution in [2.24, 2.45) is 0 Å². The summed E-state index contributed by atoms with van der Waals surface area (Å²) >= 11 is 0. The molecule has 5 heteroatoms. The van der Waals surface area contributed by atoms with Gasteiger partial charge in [-0.15, -0.1) is 0 Å². The molecule has 2 aliphatic rings. The minimum absolute atomic E-state index is 0.356. The van der Waals surface area contributed by atoms with E-state index in [4.69, 9.17) is 9.47 Å². The van der Waals surface area contributed by atoms with Crippen LogP contribution in [-0.2, 0) is 25.8 Å². The fourth-order valence-corrected chi connectivity index (χ4v) is 6.71. The van der Waals surface area contributed by atoms with Crippen LogP contribution >= 0.6 is 0 Å². The van der Waals surface area contributed by atoms with E-state index in [-0.39, 0.29) is 0 Å². The van der Waals surface area contributed by atoms with Crippen molar-refractivity contribution in [2.75, 3.05) is 45.3 Å². The van der Waals surface area contributed by atoms with Gasteiger partial charge in [-0.3, -0.25) is 0 Å². The number of aromatic hydroxyl groups is 1. The van der Waals surface area contributed by atoms with Crippen LogP contribution < -0.4 is 14.4 Å². The number of phenolic OH excluding ortho intramolecular Hbond substituents is 1. The van der Waals surface area contributed by atoms with Gasteiger partial charge in [0.1, 0.15) is 5.75 Å². The molecular weight excluding hydrogens is 508 g/mol. The van der Waals surface area contributed by atoms with Gasteiger partial charge in [0.25, 0.3) is 0 Å². The number of likely N-dealkylation sites (tertiary alicyclic amines) is 1. The second-order valence-corrected chi connectivity index (χ2v) is 11.8. The van der Waals surface area contributed by atoms with Gasteiger partial charge in [0.2, 0.25) is 0 Å². The van der Waals surface area contributed by atoms with Crippen LogP contribution in [0, 0.1) is 0 Å². The molecule has 0 saturated carbocycles. The smallest absolute Gasteiger partial charge is 0.162 e. The monoisotopic (exact) mass is 556 g/mol. The Bertz CT molecular complexity index is 1260. The fourth-order valence-electron chi connectivity index (χ4n) is 6.71. The van der Waals surface area contributed by atoms with Crippen molar-refractivity contribution in [3.63, 3.8) is 0 Å². The maximum absolute atomic E-state index is 9.97. The van der Waals surface area contributed by atoms with E-state index in [0.717, 1.165) is 50.3 Å². The van der Waals surface area contributed by atoms with E-state index in [1.165, 1.54) is 85.2 Å². The van der Waals surface area contributed by atoms with Gasteiger partial charge in [-0.2, -0.15) is 0 Å². The molecule has 3 aromatic carbocycles. The Hall–Kier alpha value is -3.18. The van der Waals surface area contributed by atoms with Gasteiger partial charge in [-0.05, 0) is 110 Å². The molecule has 41 heavy (non-hydrogen) atoms. The minimum Gasteiger partial charge on any atom is -0.508 e. The number of benzene rings is 3. The average molecular weight is 557 g/mol. The summed E-state index contributed by atoms with van der Waals surface area (Å²) in [7, 11) is 3.43. The van der Waals surface area contributed by atoms with Gasteiger partial charge in [0.05, 0.1) is 14.2 Å². The molecule has 1 heterocycles. The number of aryl methyl sites for hydroxylation is 1. The molecule has 1 aliphatic heterocycles. The minimum atomic E-state index is 0.356. The molecule has 1 N–H and O–H groups in total. The molecular formula is C36H48N2O3. The number of rotatable bonds is 10. The maximum atomic E-state index is 9.97. The zero-order chi connectivity index (χ0) is 28.6. The van der Waals surface area contributed by atoms with Crippen molar-refractivity contribution in [1.29, 1.82) is 0 Å². The van der Waals surface area contributed by atoms with Crippen molar-refractivity contribution in [3.8, 4) is 17.2 Å². The lowest BCUT2D eigenvalue weighted by Gasteiger charge is -2.32. The standard InChI is InChI=1S/C36H48N2O3/c1-4-38(26-28-12-10-27(11-13-28)18-21-37-19-8-6-5-7-9-20-37)34-25-36(41-3)35(40-2)24-33(34)31-15-14-30-23-32(39)17-16-29(30)22-31/h10-13,16-17,23-25,31,39H,4-9,14-15,18-22,26H2,1-3H3/t31-/m1/s1. The van der Waals surface area contributed by atoms with E-state index in [2.05, 4.69) is 59.2 Å². The normalized spacial score (nSPS) is 17.8. The number of hydrogen-bond donors (Lipinski definition) is 1. The lowest BCUT2D eigenvalue weighted by atomic mass is 9.79. The number of hydrogen-bond acceptors (Lipinski definition) is 5. The molecule has 1 saturated heterocycles. The van der Waals surface area contributed by atoms with Crippen molar-refractivity contribution in [2.45, 2.75) is 77.2 Å². The van der Waals surface area contributed by atoms with Crippen LogP contribution in [0.1, 0.15) is 79.2 Å². The second-order valence-electron chi connectivity index (χ2n) is 11.8. The first-order valence-electron chi connectivity index (χ1n) is 15.7. The van der Waals surface area contributed by atoms with Gasteiger partial charge in [-0.1, -0.05) is 49.6 Å². The summed E-state index contributed by atoms with van der Waals surface area (Å²) in [6.45, 7) is 7.66. The first-order chi connectivity index (χ1) is 20.1. The van der Waals surface area contributed by atoms with Gasteiger partial charge in [0.15, 0.2) is 11.5 Å². The largest absolute Gasteiger partial charge is 0.508 e. The lowest BCUT2D eigenvalue weighted by molar-refractivity contribution is 0.250. The van der Waals surface area contributed by atoms with E-state index < -0.39 is 0 Å².